The summed E-state index contributed by atoms with van der Waals surface area (Å²) < 4.78 is 0.950. The zero-order valence-electron chi connectivity index (χ0n) is 16.4. The van der Waals surface area contributed by atoms with Crippen molar-refractivity contribution in [1.29, 1.82) is 5.26 Å². The van der Waals surface area contributed by atoms with E-state index in [1.54, 1.807) is 18.2 Å². The number of halogens is 1. The first kappa shape index (κ1) is 20.6. The van der Waals surface area contributed by atoms with Crippen LogP contribution < -0.4 is 5.32 Å². The summed E-state index contributed by atoms with van der Waals surface area (Å²) in [6.07, 6.45) is 2.41. The molecule has 0 aliphatic carbocycles. The molecule has 0 unspecified atom stereocenters. The topological polar surface area (TPSA) is 52.9 Å². The van der Waals surface area contributed by atoms with Crippen LogP contribution in [0.5, 0.6) is 0 Å². The number of carbonyl (C=O) groups excluding carboxylic acids is 1. The Morgan fingerprint density at radius 3 is 2.34 bits per heavy atom. The van der Waals surface area contributed by atoms with E-state index in [0.717, 1.165) is 22.0 Å². The summed E-state index contributed by atoms with van der Waals surface area (Å²) in [5.74, 6) is -0.422. The highest BCUT2D eigenvalue weighted by molar-refractivity contribution is 9.10. The Balaban J connectivity index is 1.79. The Hall–Kier alpha value is -3.16. The molecule has 0 saturated carbocycles. The Labute approximate surface area is 179 Å². The zero-order valence-corrected chi connectivity index (χ0v) is 18.0. The molecule has 144 valence electrons. The number of aryl methyl sites for hydroxylation is 2. The Morgan fingerprint density at radius 1 is 1.03 bits per heavy atom. The molecule has 0 radical (unpaired) electrons. The van der Waals surface area contributed by atoms with Gasteiger partial charge in [-0.3, -0.25) is 4.79 Å². The fraction of sp³-hybridized carbons (Fsp3) is 0.120. The standard InChI is InChI=1S/C25H21BrN2O/c1-17-10-18(2)12-20(11-17)14-21-9-8-19(15-24(21)26)13-22(16-27)25(29)28-23-6-4-3-5-7-23/h3-13,15H,14H2,1-2H3,(H,28,29)/b22-13+. The molecule has 0 aliphatic rings. The van der Waals surface area contributed by atoms with Crippen molar-refractivity contribution < 1.29 is 4.79 Å². The third-order valence-corrected chi connectivity index (χ3v) is 5.20. The molecular formula is C25H21BrN2O. The maximum atomic E-state index is 12.4. The van der Waals surface area contributed by atoms with E-state index in [0.29, 0.717) is 5.69 Å². The lowest BCUT2D eigenvalue weighted by Crippen LogP contribution is -2.13. The van der Waals surface area contributed by atoms with Gasteiger partial charge in [-0.15, -0.1) is 0 Å². The van der Waals surface area contributed by atoms with Crippen molar-refractivity contribution in [3.05, 3.63) is 105 Å². The van der Waals surface area contributed by atoms with Crippen molar-refractivity contribution in [3.63, 3.8) is 0 Å². The molecule has 3 rings (SSSR count). The first-order valence-electron chi connectivity index (χ1n) is 9.28. The maximum Gasteiger partial charge on any atom is 0.266 e. The number of amides is 1. The second-order valence-corrected chi connectivity index (χ2v) is 7.87. The minimum absolute atomic E-state index is 0.0582. The molecule has 0 spiro atoms. The quantitative estimate of drug-likeness (QED) is 0.375. The van der Waals surface area contributed by atoms with E-state index >= 15 is 0 Å². The van der Waals surface area contributed by atoms with E-state index in [-0.39, 0.29) is 5.57 Å². The molecule has 29 heavy (non-hydrogen) atoms. The number of hydrogen-bond acceptors (Lipinski definition) is 2. The molecule has 0 aromatic heterocycles. The van der Waals surface area contributed by atoms with Crippen molar-refractivity contribution in [2.75, 3.05) is 5.32 Å². The normalized spacial score (nSPS) is 11.0. The van der Waals surface area contributed by atoms with E-state index in [2.05, 4.69) is 53.3 Å². The smallest absolute Gasteiger partial charge is 0.266 e. The number of carbonyl (C=O) groups is 1. The summed E-state index contributed by atoms with van der Waals surface area (Å²) in [6.45, 7) is 4.20. The molecule has 0 aliphatic heterocycles. The summed E-state index contributed by atoms with van der Waals surface area (Å²) >= 11 is 3.63. The Bertz CT molecular complexity index is 1090. The molecule has 3 aromatic carbocycles. The molecule has 0 heterocycles. The van der Waals surface area contributed by atoms with Crippen LogP contribution in [-0.4, -0.2) is 5.91 Å². The van der Waals surface area contributed by atoms with Crippen LogP contribution in [0.4, 0.5) is 5.69 Å². The molecule has 1 N–H and O–H groups in total. The van der Waals surface area contributed by atoms with Gasteiger partial charge in [0.15, 0.2) is 0 Å². The summed E-state index contributed by atoms with van der Waals surface area (Å²) in [6, 6.07) is 23.5. The highest BCUT2D eigenvalue weighted by Crippen LogP contribution is 2.24. The third-order valence-electron chi connectivity index (χ3n) is 4.46. The van der Waals surface area contributed by atoms with Gasteiger partial charge in [0.2, 0.25) is 0 Å². The maximum absolute atomic E-state index is 12.4. The van der Waals surface area contributed by atoms with E-state index in [9.17, 15) is 10.1 Å². The fourth-order valence-electron chi connectivity index (χ4n) is 3.22. The van der Waals surface area contributed by atoms with E-state index in [1.807, 2.05) is 42.5 Å². The van der Waals surface area contributed by atoms with Crippen molar-refractivity contribution in [3.8, 4) is 6.07 Å². The second kappa shape index (κ2) is 9.36. The van der Waals surface area contributed by atoms with Crippen molar-refractivity contribution in [2.24, 2.45) is 0 Å². The van der Waals surface area contributed by atoms with Crippen LogP contribution in [0.15, 0.2) is 76.8 Å². The molecule has 1 amide bonds. The highest BCUT2D eigenvalue weighted by Gasteiger charge is 2.10. The molecule has 3 aromatic rings. The molecule has 4 heteroatoms. The van der Waals surface area contributed by atoms with Gasteiger partial charge in [-0.25, -0.2) is 0 Å². The number of benzene rings is 3. The summed E-state index contributed by atoms with van der Waals surface area (Å²) in [7, 11) is 0. The van der Waals surface area contributed by atoms with Gasteiger partial charge in [-0.05, 0) is 61.2 Å². The lowest BCUT2D eigenvalue weighted by atomic mass is 9.99. The number of para-hydroxylation sites is 1. The number of rotatable bonds is 5. The average molecular weight is 445 g/mol. The first-order valence-corrected chi connectivity index (χ1v) is 10.1. The van der Waals surface area contributed by atoms with Gasteiger partial charge in [0.25, 0.3) is 5.91 Å². The lowest BCUT2D eigenvalue weighted by Gasteiger charge is -2.09. The van der Waals surface area contributed by atoms with Crippen LogP contribution in [0.2, 0.25) is 0 Å². The molecule has 0 fully saturated rings. The summed E-state index contributed by atoms with van der Waals surface area (Å²) in [5, 5.41) is 12.2. The zero-order chi connectivity index (χ0) is 20.8. The van der Waals surface area contributed by atoms with Gasteiger partial charge >= 0.3 is 0 Å². The number of nitrogens with one attached hydrogen (secondary N) is 1. The van der Waals surface area contributed by atoms with Gasteiger partial charge in [0.05, 0.1) is 0 Å². The van der Waals surface area contributed by atoms with E-state index < -0.39 is 5.91 Å². The van der Waals surface area contributed by atoms with Crippen molar-refractivity contribution in [1.82, 2.24) is 0 Å². The predicted octanol–water partition coefficient (Wildman–Crippen LogP) is 6.20. The van der Waals surface area contributed by atoms with E-state index in [4.69, 9.17) is 0 Å². The van der Waals surface area contributed by atoms with Crippen molar-refractivity contribution in [2.45, 2.75) is 20.3 Å². The third kappa shape index (κ3) is 5.66. The van der Waals surface area contributed by atoms with Gasteiger partial charge in [-0.1, -0.05) is 75.6 Å². The molecule has 0 saturated heterocycles. The number of nitrogens with zero attached hydrogens (tertiary/aromatic N) is 1. The SMILES string of the molecule is Cc1cc(C)cc(Cc2ccc(/C=C(\C#N)C(=O)Nc3ccccc3)cc2Br)c1. The summed E-state index contributed by atoms with van der Waals surface area (Å²) in [5.41, 5.74) is 6.41. The average Bonchev–Trinajstić information content (AvgIpc) is 2.68. The monoisotopic (exact) mass is 444 g/mol. The van der Waals surface area contributed by atoms with Gasteiger partial charge < -0.3 is 5.32 Å². The highest BCUT2D eigenvalue weighted by atomic mass is 79.9. The van der Waals surface area contributed by atoms with Crippen LogP contribution in [0.3, 0.4) is 0 Å². The van der Waals surface area contributed by atoms with Crippen LogP contribution in [-0.2, 0) is 11.2 Å². The van der Waals surface area contributed by atoms with Crippen LogP contribution in [0.25, 0.3) is 6.08 Å². The minimum Gasteiger partial charge on any atom is -0.321 e. The Kier molecular flexibility index (Phi) is 6.64. The molecule has 0 atom stereocenters. The molecule has 0 bridgehead atoms. The Morgan fingerprint density at radius 2 is 1.72 bits per heavy atom. The molecule has 3 nitrogen and oxygen atoms in total. The first-order chi connectivity index (χ1) is 13.9. The van der Waals surface area contributed by atoms with Crippen LogP contribution in [0, 0.1) is 25.2 Å². The fourth-order valence-corrected chi connectivity index (χ4v) is 3.76. The minimum atomic E-state index is -0.422. The molecular weight excluding hydrogens is 424 g/mol. The number of hydrogen-bond donors (Lipinski definition) is 1. The summed E-state index contributed by atoms with van der Waals surface area (Å²) in [4.78, 5) is 12.4. The lowest BCUT2D eigenvalue weighted by molar-refractivity contribution is -0.112. The van der Waals surface area contributed by atoms with Gasteiger partial charge in [-0.2, -0.15) is 5.26 Å². The number of anilines is 1. The van der Waals surface area contributed by atoms with Gasteiger partial charge in [0, 0.05) is 10.2 Å². The van der Waals surface area contributed by atoms with Gasteiger partial charge in [0.1, 0.15) is 11.6 Å². The number of nitriles is 1. The van der Waals surface area contributed by atoms with Crippen LogP contribution >= 0.6 is 15.9 Å². The largest absolute Gasteiger partial charge is 0.321 e. The van der Waals surface area contributed by atoms with Crippen molar-refractivity contribution >= 4 is 33.6 Å². The second-order valence-electron chi connectivity index (χ2n) is 7.01. The van der Waals surface area contributed by atoms with E-state index in [1.165, 1.54) is 16.7 Å². The predicted molar refractivity (Wildman–Crippen MR) is 122 cm³/mol. The van der Waals surface area contributed by atoms with Crippen LogP contribution in [0.1, 0.15) is 27.8 Å².